The molecule has 0 radical (unpaired) electrons. The topological polar surface area (TPSA) is 30.7 Å². The highest BCUT2D eigenvalue weighted by atomic mass is 79.9. The van der Waals surface area contributed by atoms with E-state index in [1.807, 2.05) is 0 Å². The normalized spacial score (nSPS) is 11.5. The van der Waals surface area contributed by atoms with Gasteiger partial charge in [-0.25, -0.2) is 4.85 Å². The van der Waals surface area contributed by atoms with Crippen molar-refractivity contribution in [3.8, 4) is 0 Å². The van der Waals surface area contributed by atoms with Crippen LogP contribution in [-0.2, 0) is 9.53 Å². The molecule has 1 aromatic carbocycles. The summed E-state index contributed by atoms with van der Waals surface area (Å²) in [6, 6.07) is 6.83. The van der Waals surface area contributed by atoms with Crippen LogP contribution in [-0.4, -0.2) is 12.6 Å². The highest BCUT2D eigenvalue weighted by Crippen LogP contribution is 2.26. The van der Waals surface area contributed by atoms with Crippen LogP contribution in [0, 0.1) is 6.57 Å². The SMILES string of the molecule is [C-]#[N+]c1ccc(C(Br)C(=O)OCC)cc1. The standard InChI is InChI=1S/C11H10BrNO2/c1-3-15-11(14)10(12)8-4-6-9(13-2)7-5-8/h4-7,10H,3H2,1H3. The number of ether oxygens (including phenoxy) is 1. The molecule has 0 aliphatic carbocycles. The van der Waals surface area contributed by atoms with Gasteiger partial charge in [-0.3, -0.25) is 4.79 Å². The zero-order valence-corrected chi connectivity index (χ0v) is 9.82. The number of halogens is 1. The summed E-state index contributed by atoms with van der Waals surface area (Å²) in [5.41, 5.74) is 1.35. The lowest BCUT2D eigenvalue weighted by Gasteiger charge is -2.08. The van der Waals surface area contributed by atoms with Crippen LogP contribution in [0.1, 0.15) is 17.3 Å². The Balaban J connectivity index is 2.79. The molecule has 1 aromatic rings. The van der Waals surface area contributed by atoms with E-state index in [1.165, 1.54) is 0 Å². The maximum atomic E-state index is 11.4. The Kier molecular flexibility index (Phi) is 4.32. The van der Waals surface area contributed by atoms with Crippen molar-refractivity contribution < 1.29 is 9.53 Å². The molecule has 0 saturated heterocycles. The van der Waals surface area contributed by atoms with Crippen LogP contribution in [0.2, 0.25) is 0 Å². The van der Waals surface area contributed by atoms with E-state index >= 15 is 0 Å². The van der Waals surface area contributed by atoms with Gasteiger partial charge in [-0.2, -0.15) is 0 Å². The van der Waals surface area contributed by atoms with E-state index in [-0.39, 0.29) is 5.97 Å². The summed E-state index contributed by atoms with van der Waals surface area (Å²) >= 11 is 3.25. The van der Waals surface area contributed by atoms with Gasteiger partial charge in [0, 0.05) is 0 Å². The van der Waals surface area contributed by atoms with Gasteiger partial charge in [-0.1, -0.05) is 40.2 Å². The second-order valence-corrected chi connectivity index (χ2v) is 3.73. The molecular weight excluding hydrogens is 258 g/mol. The monoisotopic (exact) mass is 267 g/mol. The number of alkyl halides is 1. The second-order valence-electron chi connectivity index (χ2n) is 2.82. The van der Waals surface area contributed by atoms with Crippen molar-refractivity contribution in [2.45, 2.75) is 11.8 Å². The molecule has 4 heteroatoms. The van der Waals surface area contributed by atoms with E-state index in [4.69, 9.17) is 11.3 Å². The molecular formula is C11H10BrNO2. The molecule has 0 N–H and O–H groups in total. The van der Waals surface area contributed by atoms with Crippen LogP contribution < -0.4 is 0 Å². The predicted molar refractivity (Wildman–Crippen MR) is 61.0 cm³/mol. The molecule has 0 bridgehead atoms. The van der Waals surface area contributed by atoms with Crippen molar-refractivity contribution in [2.24, 2.45) is 0 Å². The van der Waals surface area contributed by atoms with Gasteiger partial charge >= 0.3 is 5.97 Å². The first-order valence-electron chi connectivity index (χ1n) is 4.47. The predicted octanol–water partition coefficient (Wildman–Crippen LogP) is 3.24. The van der Waals surface area contributed by atoms with Gasteiger partial charge in [0.25, 0.3) is 0 Å². The summed E-state index contributed by atoms with van der Waals surface area (Å²) in [6.07, 6.45) is 0. The number of benzene rings is 1. The minimum Gasteiger partial charge on any atom is -0.465 e. The van der Waals surface area contributed by atoms with E-state index in [0.717, 1.165) is 5.56 Å². The number of carbonyl (C=O) groups excluding carboxylic acids is 1. The van der Waals surface area contributed by atoms with Gasteiger partial charge in [-0.05, 0) is 12.5 Å². The van der Waals surface area contributed by atoms with Crippen molar-refractivity contribution in [2.75, 3.05) is 6.61 Å². The van der Waals surface area contributed by atoms with E-state index in [0.29, 0.717) is 12.3 Å². The van der Waals surface area contributed by atoms with Crippen LogP contribution in [0.4, 0.5) is 5.69 Å². The van der Waals surface area contributed by atoms with Crippen LogP contribution in [0.15, 0.2) is 24.3 Å². The number of rotatable bonds is 3. The first-order valence-corrected chi connectivity index (χ1v) is 5.38. The van der Waals surface area contributed by atoms with Gasteiger partial charge in [0.2, 0.25) is 0 Å². The van der Waals surface area contributed by atoms with Crippen molar-refractivity contribution >= 4 is 27.6 Å². The van der Waals surface area contributed by atoms with Crippen molar-refractivity contribution in [1.82, 2.24) is 0 Å². The Bertz CT molecular complexity index is 381. The smallest absolute Gasteiger partial charge is 0.324 e. The Morgan fingerprint density at radius 3 is 2.60 bits per heavy atom. The minimum atomic E-state index is -0.461. The third-order valence-corrected chi connectivity index (χ3v) is 2.71. The number of hydrogen-bond acceptors (Lipinski definition) is 2. The lowest BCUT2D eigenvalue weighted by atomic mass is 10.1. The zero-order valence-electron chi connectivity index (χ0n) is 8.24. The molecule has 0 heterocycles. The fourth-order valence-corrected chi connectivity index (χ4v) is 1.51. The van der Waals surface area contributed by atoms with E-state index in [2.05, 4.69) is 20.8 Å². The maximum absolute atomic E-state index is 11.4. The summed E-state index contributed by atoms with van der Waals surface area (Å²) in [6.45, 7) is 8.92. The zero-order chi connectivity index (χ0) is 11.3. The van der Waals surface area contributed by atoms with Crippen LogP contribution >= 0.6 is 15.9 Å². The largest absolute Gasteiger partial charge is 0.465 e. The number of carbonyl (C=O) groups is 1. The lowest BCUT2D eigenvalue weighted by molar-refractivity contribution is -0.142. The number of esters is 1. The maximum Gasteiger partial charge on any atom is 0.324 e. The molecule has 15 heavy (non-hydrogen) atoms. The van der Waals surface area contributed by atoms with Crippen molar-refractivity contribution in [3.63, 3.8) is 0 Å². The molecule has 1 unspecified atom stereocenters. The second kappa shape index (κ2) is 5.52. The summed E-state index contributed by atoms with van der Waals surface area (Å²) in [7, 11) is 0. The first-order chi connectivity index (χ1) is 7.19. The Morgan fingerprint density at radius 2 is 2.13 bits per heavy atom. The molecule has 0 saturated carbocycles. The molecule has 0 aliphatic rings. The van der Waals surface area contributed by atoms with Crippen molar-refractivity contribution in [3.05, 3.63) is 41.2 Å². The molecule has 1 rings (SSSR count). The molecule has 0 amide bonds. The number of nitrogens with zero attached hydrogens (tertiary/aromatic N) is 1. The molecule has 0 spiro atoms. The van der Waals surface area contributed by atoms with Gasteiger partial charge in [-0.15, -0.1) is 0 Å². The third kappa shape index (κ3) is 3.07. The van der Waals surface area contributed by atoms with E-state index < -0.39 is 4.83 Å². The highest BCUT2D eigenvalue weighted by Gasteiger charge is 2.17. The third-order valence-electron chi connectivity index (χ3n) is 1.81. The van der Waals surface area contributed by atoms with Crippen molar-refractivity contribution in [1.29, 1.82) is 0 Å². The highest BCUT2D eigenvalue weighted by molar-refractivity contribution is 9.09. The van der Waals surface area contributed by atoms with Gasteiger partial charge < -0.3 is 4.74 Å². The molecule has 0 fully saturated rings. The molecule has 0 aromatic heterocycles. The average molecular weight is 268 g/mol. The summed E-state index contributed by atoms with van der Waals surface area (Å²) in [4.78, 5) is 14.2. The minimum absolute atomic E-state index is 0.312. The Hall–Kier alpha value is -1.34. The molecule has 3 nitrogen and oxygen atoms in total. The van der Waals surface area contributed by atoms with E-state index in [9.17, 15) is 4.79 Å². The Morgan fingerprint density at radius 1 is 1.53 bits per heavy atom. The Labute approximate surface area is 97.0 Å². The van der Waals surface area contributed by atoms with E-state index in [1.54, 1.807) is 31.2 Å². The molecule has 0 aliphatic heterocycles. The quantitative estimate of drug-likeness (QED) is 0.478. The van der Waals surface area contributed by atoms with Crippen LogP contribution in [0.25, 0.3) is 4.85 Å². The first kappa shape index (κ1) is 11.7. The van der Waals surface area contributed by atoms with Gasteiger partial charge in [0.1, 0.15) is 4.83 Å². The van der Waals surface area contributed by atoms with Crippen LogP contribution in [0.5, 0.6) is 0 Å². The average Bonchev–Trinajstić information content (AvgIpc) is 2.28. The lowest BCUT2D eigenvalue weighted by Crippen LogP contribution is -2.10. The fraction of sp³-hybridized carbons (Fsp3) is 0.273. The van der Waals surface area contributed by atoms with Crippen LogP contribution in [0.3, 0.4) is 0 Å². The molecule has 78 valence electrons. The summed E-state index contributed by atoms with van der Waals surface area (Å²) in [5.74, 6) is -0.312. The van der Waals surface area contributed by atoms with Gasteiger partial charge in [0.05, 0.1) is 13.2 Å². The summed E-state index contributed by atoms with van der Waals surface area (Å²) < 4.78 is 4.87. The number of hydrogen-bond donors (Lipinski definition) is 0. The molecule has 1 atom stereocenters. The van der Waals surface area contributed by atoms with Gasteiger partial charge in [0.15, 0.2) is 5.69 Å². The summed E-state index contributed by atoms with van der Waals surface area (Å²) in [5, 5.41) is 0. The fourth-order valence-electron chi connectivity index (χ4n) is 1.07.